The maximum absolute atomic E-state index is 11.9. The number of nitrogens with zero attached hydrogens (tertiary/aromatic N) is 2. The molecule has 1 fully saturated rings. The first kappa shape index (κ1) is 16.1. The summed E-state index contributed by atoms with van der Waals surface area (Å²) in [7, 11) is 0. The van der Waals surface area contributed by atoms with Gasteiger partial charge in [0.1, 0.15) is 5.00 Å². The number of hydrogen-bond donors (Lipinski definition) is 3. The highest BCUT2D eigenvalue weighted by Crippen LogP contribution is 2.46. The Morgan fingerprint density at radius 1 is 1.20 bits per heavy atom. The van der Waals surface area contributed by atoms with Crippen molar-refractivity contribution in [1.29, 1.82) is 0 Å². The highest BCUT2D eigenvalue weighted by molar-refractivity contribution is 7.20. The molecule has 25 heavy (non-hydrogen) atoms. The van der Waals surface area contributed by atoms with Gasteiger partial charge in [0, 0.05) is 16.1 Å². The van der Waals surface area contributed by atoms with E-state index in [1.165, 1.54) is 49.1 Å². The molecule has 4 rings (SSSR count). The lowest BCUT2D eigenvalue weighted by atomic mass is 9.92. The smallest absolute Gasteiger partial charge is 0.317 e. The van der Waals surface area contributed by atoms with Crippen molar-refractivity contribution in [3.05, 3.63) is 23.0 Å². The highest BCUT2D eigenvalue weighted by Gasteiger charge is 2.31. The Hall–Kier alpha value is -2.35. The molecule has 2 heterocycles. The summed E-state index contributed by atoms with van der Waals surface area (Å²) in [5.41, 5.74) is 14.4. The van der Waals surface area contributed by atoms with Crippen LogP contribution in [0.25, 0.3) is 10.4 Å². The van der Waals surface area contributed by atoms with Gasteiger partial charge in [0.05, 0.1) is 17.8 Å². The SMILES string of the molecule is NC(=O)Nc1sc2c(c1C(N)=O)CCc1c-2cnn1C1CCCCC1. The predicted octanol–water partition coefficient (Wildman–Crippen LogP) is 2.80. The summed E-state index contributed by atoms with van der Waals surface area (Å²) in [5.74, 6) is -0.538. The summed E-state index contributed by atoms with van der Waals surface area (Å²) in [4.78, 5) is 24.2. The number of urea groups is 1. The fraction of sp³-hybridized carbons (Fsp3) is 0.471. The van der Waals surface area contributed by atoms with E-state index in [4.69, 9.17) is 11.5 Å². The molecule has 0 unspecified atom stereocenters. The second-order valence-electron chi connectivity index (χ2n) is 6.71. The monoisotopic (exact) mass is 359 g/mol. The van der Waals surface area contributed by atoms with E-state index in [2.05, 4.69) is 15.1 Å². The molecular formula is C17H21N5O2S. The highest BCUT2D eigenvalue weighted by atomic mass is 32.1. The fourth-order valence-corrected chi connectivity index (χ4v) is 5.38. The number of amides is 3. The minimum atomic E-state index is -0.695. The van der Waals surface area contributed by atoms with Gasteiger partial charge >= 0.3 is 6.03 Å². The number of nitrogens with two attached hydrogens (primary N) is 2. The van der Waals surface area contributed by atoms with E-state index in [0.717, 1.165) is 28.8 Å². The first-order chi connectivity index (χ1) is 12.1. The van der Waals surface area contributed by atoms with Gasteiger partial charge in [0.2, 0.25) is 0 Å². The van der Waals surface area contributed by atoms with Crippen molar-refractivity contribution in [2.75, 3.05) is 5.32 Å². The van der Waals surface area contributed by atoms with Crippen molar-refractivity contribution in [3.8, 4) is 10.4 Å². The second-order valence-corrected chi connectivity index (χ2v) is 7.73. The largest absolute Gasteiger partial charge is 0.365 e. The lowest BCUT2D eigenvalue weighted by molar-refractivity contribution is 0.100. The van der Waals surface area contributed by atoms with Gasteiger partial charge < -0.3 is 11.5 Å². The number of carbonyl (C=O) groups is 2. The first-order valence-electron chi connectivity index (χ1n) is 8.65. The molecule has 8 heteroatoms. The zero-order valence-electron chi connectivity index (χ0n) is 13.9. The van der Waals surface area contributed by atoms with Crippen LogP contribution >= 0.6 is 11.3 Å². The molecule has 0 aromatic carbocycles. The Labute approximate surface area is 149 Å². The minimum absolute atomic E-state index is 0.384. The van der Waals surface area contributed by atoms with Gasteiger partial charge in [0.25, 0.3) is 5.91 Å². The molecule has 0 saturated heterocycles. The maximum Gasteiger partial charge on any atom is 0.317 e. The van der Waals surface area contributed by atoms with Crippen LogP contribution in [0.3, 0.4) is 0 Å². The Morgan fingerprint density at radius 2 is 1.96 bits per heavy atom. The van der Waals surface area contributed by atoms with Crippen LogP contribution in [-0.2, 0) is 12.8 Å². The third-order valence-corrected chi connectivity index (χ3v) is 6.35. The predicted molar refractivity (Wildman–Crippen MR) is 96.8 cm³/mol. The minimum Gasteiger partial charge on any atom is -0.365 e. The lowest BCUT2D eigenvalue weighted by Crippen LogP contribution is -2.22. The third-order valence-electron chi connectivity index (χ3n) is 5.17. The number of carbonyl (C=O) groups excluding carboxylic acids is 2. The van der Waals surface area contributed by atoms with Gasteiger partial charge in [-0.05, 0) is 31.2 Å². The Morgan fingerprint density at radius 3 is 2.64 bits per heavy atom. The van der Waals surface area contributed by atoms with Crippen molar-refractivity contribution in [2.24, 2.45) is 11.5 Å². The van der Waals surface area contributed by atoms with Gasteiger partial charge in [-0.2, -0.15) is 5.10 Å². The third kappa shape index (κ3) is 2.70. The van der Waals surface area contributed by atoms with E-state index in [0.29, 0.717) is 16.6 Å². The van der Waals surface area contributed by atoms with Crippen molar-refractivity contribution in [3.63, 3.8) is 0 Å². The molecule has 0 bridgehead atoms. The zero-order chi connectivity index (χ0) is 17.6. The van der Waals surface area contributed by atoms with Gasteiger partial charge in [-0.15, -0.1) is 11.3 Å². The van der Waals surface area contributed by atoms with Crippen LogP contribution in [0.2, 0.25) is 0 Å². The maximum atomic E-state index is 11.9. The number of nitrogens with one attached hydrogen (secondary N) is 1. The van der Waals surface area contributed by atoms with Gasteiger partial charge in [-0.1, -0.05) is 19.3 Å². The molecule has 0 radical (unpaired) electrons. The van der Waals surface area contributed by atoms with Crippen LogP contribution in [0.4, 0.5) is 9.80 Å². The topological polar surface area (TPSA) is 116 Å². The molecule has 2 aromatic heterocycles. The molecular weight excluding hydrogens is 338 g/mol. The number of thiophene rings is 1. The van der Waals surface area contributed by atoms with E-state index in [1.807, 2.05) is 6.20 Å². The molecule has 132 valence electrons. The Balaban J connectivity index is 1.78. The lowest BCUT2D eigenvalue weighted by Gasteiger charge is -2.25. The number of primary amides is 2. The summed E-state index contributed by atoms with van der Waals surface area (Å²) >= 11 is 1.36. The molecule has 0 atom stereocenters. The molecule has 7 nitrogen and oxygen atoms in total. The molecule has 0 spiro atoms. The molecule has 2 aromatic rings. The number of aromatic nitrogens is 2. The number of fused-ring (bicyclic) bond motifs is 3. The van der Waals surface area contributed by atoms with E-state index >= 15 is 0 Å². The summed E-state index contributed by atoms with van der Waals surface area (Å²) in [6, 6.07) is -0.225. The second kappa shape index (κ2) is 6.18. The van der Waals surface area contributed by atoms with Crippen molar-refractivity contribution >= 4 is 28.3 Å². The number of anilines is 1. The molecule has 1 saturated carbocycles. The van der Waals surface area contributed by atoms with Crippen LogP contribution in [0.5, 0.6) is 0 Å². The molecule has 5 N–H and O–H groups in total. The summed E-state index contributed by atoms with van der Waals surface area (Å²) in [6.45, 7) is 0. The summed E-state index contributed by atoms with van der Waals surface area (Å²) in [6.07, 6.45) is 9.58. The zero-order valence-corrected chi connectivity index (χ0v) is 14.7. The molecule has 2 aliphatic carbocycles. The molecule has 0 aliphatic heterocycles. The number of hydrogen-bond acceptors (Lipinski definition) is 4. The number of rotatable bonds is 3. The van der Waals surface area contributed by atoms with E-state index in [9.17, 15) is 9.59 Å². The van der Waals surface area contributed by atoms with Crippen LogP contribution in [0.1, 0.15) is 59.8 Å². The van der Waals surface area contributed by atoms with Crippen LogP contribution in [0, 0.1) is 0 Å². The molecule has 3 amide bonds. The van der Waals surface area contributed by atoms with Crippen LogP contribution in [0.15, 0.2) is 6.20 Å². The fourth-order valence-electron chi connectivity index (χ4n) is 4.09. The summed E-state index contributed by atoms with van der Waals surface area (Å²) < 4.78 is 2.18. The van der Waals surface area contributed by atoms with E-state index in [-0.39, 0.29) is 0 Å². The van der Waals surface area contributed by atoms with Crippen LogP contribution in [-0.4, -0.2) is 21.7 Å². The van der Waals surface area contributed by atoms with E-state index in [1.54, 1.807) is 0 Å². The van der Waals surface area contributed by atoms with E-state index < -0.39 is 11.9 Å². The Bertz CT molecular complexity index is 848. The van der Waals surface area contributed by atoms with Crippen LogP contribution < -0.4 is 16.8 Å². The van der Waals surface area contributed by atoms with Gasteiger partial charge in [-0.3, -0.25) is 14.8 Å². The normalized spacial score (nSPS) is 17.0. The molecule has 2 aliphatic rings. The Kier molecular flexibility index (Phi) is 3.99. The van der Waals surface area contributed by atoms with Crippen molar-refractivity contribution < 1.29 is 9.59 Å². The summed E-state index contributed by atoms with van der Waals surface area (Å²) in [5, 5.41) is 7.64. The standard InChI is InChI=1S/C17H21N5O2S/c18-15(23)13-10-6-7-12-11(14(10)25-16(13)21-17(19)24)8-20-22(12)9-4-2-1-3-5-9/h8-9H,1-7H2,(H2,18,23)(H3,19,21,24). The first-order valence-corrected chi connectivity index (χ1v) is 9.46. The van der Waals surface area contributed by atoms with Crippen molar-refractivity contribution in [1.82, 2.24) is 9.78 Å². The van der Waals surface area contributed by atoms with Gasteiger partial charge in [-0.25, -0.2) is 4.79 Å². The average Bonchev–Trinajstić information content (AvgIpc) is 3.15. The van der Waals surface area contributed by atoms with Crippen molar-refractivity contribution in [2.45, 2.75) is 51.0 Å². The average molecular weight is 359 g/mol. The quantitative estimate of drug-likeness (QED) is 0.782. The van der Waals surface area contributed by atoms with Gasteiger partial charge in [0.15, 0.2) is 0 Å².